The van der Waals surface area contributed by atoms with Crippen LogP contribution in [0.15, 0.2) is 6.07 Å². The molecule has 2 N–H and O–H groups in total. The largest absolute Gasteiger partial charge is 0.383 e. The molecular formula is C8H7BrF2N2O. The quantitative estimate of drug-likeness (QED) is 0.674. The summed E-state index contributed by atoms with van der Waals surface area (Å²) in [4.78, 5) is 14.1. The molecule has 1 heterocycles. The molecule has 6 heteroatoms. The number of halogens is 3. The smallest absolute Gasteiger partial charge is 0.280 e. The van der Waals surface area contributed by atoms with Crippen LogP contribution in [0.5, 0.6) is 0 Å². The van der Waals surface area contributed by atoms with Gasteiger partial charge in [-0.15, -0.1) is 0 Å². The monoisotopic (exact) mass is 264 g/mol. The number of nitrogens with two attached hydrogens (primary N) is 1. The van der Waals surface area contributed by atoms with E-state index in [0.29, 0.717) is 17.2 Å². The molecule has 0 amide bonds. The molecule has 0 radical (unpaired) electrons. The molecule has 1 aromatic heterocycles. The van der Waals surface area contributed by atoms with Crippen LogP contribution in [0, 0.1) is 0 Å². The fraction of sp³-hybridized carbons (Fsp3) is 0.250. The van der Waals surface area contributed by atoms with Gasteiger partial charge in [-0.25, -0.2) is 13.8 Å². The van der Waals surface area contributed by atoms with Gasteiger partial charge in [0.25, 0.3) is 6.43 Å². The molecule has 1 rings (SSSR count). The van der Waals surface area contributed by atoms with Crippen molar-refractivity contribution in [1.29, 1.82) is 0 Å². The number of nitrogen functional groups attached to an aromatic ring is 1. The lowest BCUT2D eigenvalue weighted by Gasteiger charge is -2.07. The molecule has 0 fully saturated rings. The Morgan fingerprint density at radius 1 is 1.64 bits per heavy atom. The van der Waals surface area contributed by atoms with E-state index < -0.39 is 12.1 Å². The lowest BCUT2D eigenvalue weighted by Crippen LogP contribution is -2.04. The number of carbonyl (C=O) groups is 1. The molecule has 1 aromatic rings. The highest BCUT2D eigenvalue weighted by Gasteiger charge is 2.14. The summed E-state index contributed by atoms with van der Waals surface area (Å²) in [6.45, 7) is 0. The van der Waals surface area contributed by atoms with Crippen LogP contribution in [-0.2, 0) is 5.33 Å². The maximum absolute atomic E-state index is 12.3. The third-order valence-electron chi connectivity index (χ3n) is 1.69. The highest BCUT2D eigenvalue weighted by molar-refractivity contribution is 9.08. The van der Waals surface area contributed by atoms with E-state index in [2.05, 4.69) is 20.9 Å². The molecule has 0 spiro atoms. The molecule has 0 aliphatic heterocycles. The SMILES string of the molecule is Nc1nc(C(F)F)cc(C=O)c1CBr. The average molecular weight is 265 g/mol. The van der Waals surface area contributed by atoms with Crippen LogP contribution < -0.4 is 5.73 Å². The number of anilines is 1. The number of rotatable bonds is 3. The van der Waals surface area contributed by atoms with E-state index in [1.807, 2.05) is 0 Å². The van der Waals surface area contributed by atoms with Crippen molar-refractivity contribution >= 4 is 28.0 Å². The second-order valence-corrected chi connectivity index (χ2v) is 3.11. The number of alkyl halides is 3. The zero-order valence-corrected chi connectivity index (χ0v) is 8.59. The Kier molecular flexibility index (Phi) is 3.51. The van der Waals surface area contributed by atoms with E-state index in [9.17, 15) is 13.6 Å². The summed E-state index contributed by atoms with van der Waals surface area (Å²) < 4.78 is 24.5. The summed E-state index contributed by atoms with van der Waals surface area (Å²) in [5.41, 5.74) is 5.51. The van der Waals surface area contributed by atoms with Gasteiger partial charge >= 0.3 is 0 Å². The van der Waals surface area contributed by atoms with Crippen LogP contribution >= 0.6 is 15.9 Å². The zero-order chi connectivity index (χ0) is 10.7. The van der Waals surface area contributed by atoms with Crippen molar-refractivity contribution in [2.24, 2.45) is 0 Å². The Hall–Kier alpha value is -1.04. The summed E-state index contributed by atoms with van der Waals surface area (Å²) in [6, 6.07) is 1.05. The third-order valence-corrected chi connectivity index (χ3v) is 2.26. The van der Waals surface area contributed by atoms with Gasteiger partial charge in [0.1, 0.15) is 11.5 Å². The van der Waals surface area contributed by atoms with Crippen molar-refractivity contribution in [1.82, 2.24) is 4.98 Å². The summed E-state index contributed by atoms with van der Waals surface area (Å²) in [5.74, 6) is -0.0400. The minimum absolute atomic E-state index is 0.0400. The first-order valence-electron chi connectivity index (χ1n) is 3.68. The maximum atomic E-state index is 12.3. The van der Waals surface area contributed by atoms with Crippen molar-refractivity contribution in [3.8, 4) is 0 Å². The van der Waals surface area contributed by atoms with Crippen molar-refractivity contribution < 1.29 is 13.6 Å². The third kappa shape index (κ3) is 2.06. The molecule has 76 valence electrons. The van der Waals surface area contributed by atoms with Gasteiger partial charge in [0.15, 0.2) is 6.29 Å². The fourth-order valence-electron chi connectivity index (χ4n) is 0.996. The fourth-order valence-corrected chi connectivity index (χ4v) is 1.61. The second-order valence-electron chi connectivity index (χ2n) is 2.55. The van der Waals surface area contributed by atoms with Gasteiger partial charge in [-0.2, -0.15) is 0 Å². The Labute approximate surface area is 87.4 Å². The Balaban J connectivity index is 3.31. The number of nitrogens with zero attached hydrogens (tertiary/aromatic N) is 1. The highest BCUT2D eigenvalue weighted by Crippen LogP contribution is 2.23. The van der Waals surface area contributed by atoms with Gasteiger partial charge in [0.05, 0.1) is 0 Å². The van der Waals surface area contributed by atoms with E-state index in [1.54, 1.807) is 0 Å². The standard InChI is InChI=1S/C8H7BrF2N2O/c9-2-5-4(3-14)1-6(7(10)11)13-8(5)12/h1,3,7H,2H2,(H2,12,13). The Morgan fingerprint density at radius 3 is 2.71 bits per heavy atom. The maximum Gasteiger partial charge on any atom is 0.280 e. The van der Waals surface area contributed by atoms with Crippen LogP contribution in [0.3, 0.4) is 0 Å². The van der Waals surface area contributed by atoms with Gasteiger partial charge in [-0.3, -0.25) is 4.79 Å². The van der Waals surface area contributed by atoms with Crippen molar-refractivity contribution in [3.05, 3.63) is 22.9 Å². The molecule has 0 aromatic carbocycles. The second kappa shape index (κ2) is 4.45. The molecule has 0 aliphatic carbocycles. The summed E-state index contributed by atoms with van der Waals surface area (Å²) in [5, 5.41) is 0.309. The first-order chi connectivity index (χ1) is 6.60. The topological polar surface area (TPSA) is 56.0 Å². The van der Waals surface area contributed by atoms with Crippen LogP contribution in [0.2, 0.25) is 0 Å². The minimum Gasteiger partial charge on any atom is -0.383 e. The van der Waals surface area contributed by atoms with Gasteiger partial charge in [0, 0.05) is 16.5 Å². The molecule has 0 aliphatic rings. The molecule has 0 saturated carbocycles. The molecule has 0 bridgehead atoms. The van der Waals surface area contributed by atoms with E-state index >= 15 is 0 Å². The van der Waals surface area contributed by atoms with Crippen molar-refractivity contribution in [2.45, 2.75) is 11.8 Å². The van der Waals surface area contributed by atoms with Gasteiger partial charge in [-0.05, 0) is 6.07 Å². The molecule has 3 nitrogen and oxygen atoms in total. The molecule has 14 heavy (non-hydrogen) atoms. The number of aromatic nitrogens is 1. The Bertz CT molecular complexity index is 357. The Morgan fingerprint density at radius 2 is 2.29 bits per heavy atom. The minimum atomic E-state index is -2.72. The van der Waals surface area contributed by atoms with Gasteiger partial charge in [0.2, 0.25) is 0 Å². The van der Waals surface area contributed by atoms with Crippen LogP contribution in [-0.4, -0.2) is 11.3 Å². The lowest BCUT2D eigenvalue weighted by molar-refractivity contribution is 0.112. The van der Waals surface area contributed by atoms with E-state index in [4.69, 9.17) is 5.73 Å². The normalized spacial score (nSPS) is 10.6. The van der Waals surface area contributed by atoms with E-state index in [1.165, 1.54) is 0 Å². The summed E-state index contributed by atoms with van der Waals surface area (Å²) in [6.07, 6.45) is -2.24. The van der Waals surface area contributed by atoms with E-state index in [-0.39, 0.29) is 11.4 Å². The average Bonchev–Trinajstić information content (AvgIpc) is 2.16. The highest BCUT2D eigenvalue weighted by atomic mass is 79.9. The lowest BCUT2D eigenvalue weighted by atomic mass is 10.1. The predicted molar refractivity (Wildman–Crippen MR) is 51.6 cm³/mol. The van der Waals surface area contributed by atoms with Gasteiger partial charge in [-0.1, -0.05) is 15.9 Å². The van der Waals surface area contributed by atoms with Crippen LogP contribution in [0.1, 0.15) is 28.0 Å². The number of carbonyl (C=O) groups excluding carboxylic acids is 1. The van der Waals surface area contributed by atoms with Gasteiger partial charge < -0.3 is 5.73 Å². The number of hydrogen-bond acceptors (Lipinski definition) is 3. The molecule has 0 unspecified atom stereocenters. The number of hydrogen-bond donors (Lipinski definition) is 1. The van der Waals surface area contributed by atoms with Crippen molar-refractivity contribution in [2.75, 3.05) is 5.73 Å². The van der Waals surface area contributed by atoms with Crippen LogP contribution in [0.4, 0.5) is 14.6 Å². The van der Waals surface area contributed by atoms with Crippen molar-refractivity contribution in [3.63, 3.8) is 0 Å². The molecule has 0 atom stereocenters. The van der Waals surface area contributed by atoms with E-state index in [0.717, 1.165) is 6.07 Å². The number of pyridine rings is 1. The molecule has 0 saturated heterocycles. The number of aldehydes is 1. The summed E-state index contributed by atoms with van der Waals surface area (Å²) in [7, 11) is 0. The predicted octanol–water partition coefficient (Wildman–Crippen LogP) is 2.31. The first kappa shape index (κ1) is 11.0. The van der Waals surface area contributed by atoms with Crippen LogP contribution in [0.25, 0.3) is 0 Å². The summed E-state index contributed by atoms with van der Waals surface area (Å²) >= 11 is 3.10. The zero-order valence-electron chi connectivity index (χ0n) is 7.01. The molecular weight excluding hydrogens is 258 g/mol. The first-order valence-corrected chi connectivity index (χ1v) is 4.81.